The Morgan fingerprint density at radius 2 is 2.15 bits per heavy atom. The molecule has 9 heteroatoms. The highest BCUT2D eigenvalue weighted by Gasteiger charge is 2.16. The van der Waals surface area contributed by atoms with E-state index in [2.05, 4.69) is 20.3 Å². The Balaban J connectivity index is 1.56. The van der Waals surface area contributed by atoms with Gasteiger partial charge in [0.2, 0.25) is 0 Å². The van der Waals surface area contributed by atoms with E-state index in [0.29, 0.717) is 32.4 Å². The van der Waals surface area contributed by atoms with Crippen LogP contribution in [0.2, 0.25) is 5.02 Å². The van der Waals surface area contributed by atoms with Gasteiger partial charge in [0.25, 0.3) is 5.91 Å². The minimum Gasteiger partial charge on any atom is -0.331 e. The number of carbonyl (C=O) groups is 1. The first-order valence-corrected chi connectivity index (χ1v) is 9.50. The Morgan fingerprint density at radius 1 is 1.30 bits per heavy atom. The van der Waals surface area contributed by atoms with Crippen LogP contribution < -0.4 is 5.32 Å². The molecule has 4 rings (SSSR count). The van der Waals surface area contributed by atoms with Crippen LogP contribution in [0.3, 0.4) is 0 Å². The molecule has 0 aliphatic carbocycles. The van der Waals surface area contributed by atoms with Crippen molar-refractivity contribution in [1.29, 1.82) is 0 Å². The zero-order chi connectivity index (χ0) is 19.0. The lowest BCUT2D eigenvalue weighted by molar-refractivity contribution is 0.102. The van der Waals surface area contributed by atoms with Crippen LogP contribution in [0, 0.1) is 10.6 Å². The number of carbonyl (C=O) groups excluding carboxylic acids is 1. The third-order valence-electron chi connectivity index (χ3n) is 3.88. The Kier molecular flexibility index (Phi) is 4.77. The highest BCUT2D eigenvalue weighted by atomic mass is 35.5. The first-order valence-electron chi connectivity index (χ1n) is 7.90. The van der Waals surface area contributed by atoms with Crippen molar-refractivity contribution in [2.75, 3.05) is 5.32 Å². The number of hydrogen-bond acceptors (Lipinski definition) is 4. The summed E-state index contributed by atoms with van der Waals surface area (Å²) in [6, 6.07) is 10.0. The van der Waals surface area contributed by atoms with Gasteiger partial charge in [0, 0.05) is 22.5 Å². The fourth-order valence-electron chi connectivity index (χ4n) is 2.75. The van der Waals surface area contributed by atoms with Crippen molar-refractivity contribution >= 4 is 57.2 Å². The number of halogens is 2. The summed E-state index contributed by atoms with van der Waals surface area (Å²) >= 11 is 12.4. The van der Waals surface area contributed by atoms with E-state index in [1.807, 2.05) is 24.3 Å². The van der Waals surface area contributed by atoms with Gasteiger partial charge in [-0.05, 0) is 42.0 Å². The van der Waals surface area contributed by atoms with Crippen LogP contribution >= 0.6 is 35.2 Å². The van der Waals surface area contributed by atoms with Crippen molar-refractivity contribution in [2.24, 2.45) is 0 Å². The van der Waals surface area contributed by atoms with Crippen molar-refractivity contribution in [1.82, 2.24) is 15.0 Å². The molecule has 2 aromatic heterocycles. The fraction of sp³-hybridized carbons (Fsp3) is 0.0556. The lowest BCUT2D eigenvalue weighted by Gasteiger charge is -2.03. The van der Waals surface area contributed by atoms with Crippen molar-refractivity contribution in [3.05, 3.63) is 74.2 Å². The molecule has 0 saturated carbocycles. The molecule has 0 aliphatic rings. The molecule has 0 saturated heterocycles. The normalized spacial score (nSPS) is 11.0. The zero-order valence-electron chi connectivity index (χ0n) is 13.7. The van der Waals surface area contributed by atoms with Gasteiger partial charge in [0.05, 0.1) is 16.6 Å². The van der Waals surface area contributed by atoms with Crippen LogP contribution in [0.4, 0.5) is 9.52 Å². The number of nitrogens with one attached hydrogen (secondary N) is 3. The number of fused-ring (bicyclic) bond motifs is 1. The minimum absolute atomic E-state index is 0.156. The van der Waals surface area contributed by atoms with E-state index >= 15 is 0 Å². The number of aromatic nitrogens is 3. The zero-order valence-corrected chi connectivity index (χ0v) is 16.1. The van der Waals surface area contributed by atoms with Gasteiger partial charge in [-0.25, -0.2) is 9.37 Å². The lowest BCUT2D eigenvalue weighted by Crippen LogP contribution is -2.12. The number of anilines is 1. The van der Waals surface area contributed by atoms with Gasteiger partial charge >= 0.3 is 0 Å². The molecule has 2 aromatic carbocycles. The molecule has 0 aliphatic heterocycles. The average Bonchev–Trinajstić information content (AvgIpc) is 3.19. The van der Waals surface area contributed by atoms with Crippen LogP contribution in [0.25, 0.3) is 11.0 Å². The molecule has 2 heterocycles. The molecule has 0 unspecified atom stereocenters. The topological polar surface area (TPSA) is 73.6 Å². The maximum Gasteiger partial charge on any atom is 0.259 e. The molecule has 0 radical (unpaired) electrons. The fourth-order valence-corrected chi connectivity index (χ4v) is 4.01. The van der Waals surface area contributed by atoms with Crippen LogP contribution in [-0.2, 0) is 6.42 Å². The van der Waals surface area contributed by atoms with Gasteiger partial charge in [-0.2, -0.15) is 0 Å². The van der Waals surface area contributed by atoms with E-state index in [0.717, 1.165) is 16.5 Å². The molecular formula is C18H12ClFN4OS2. The molecule has 5 nitrogen and oxygen atoms in total. The standard InChI is InChI=1S/C18H12ClFN4OS2/c19-10-3-1-2-9(4-10)5-12-8-21-18(27-12)24-16(25)13-6-11(20)7-14-15(13)23-17(26)22-14/h1-4,6-8H,5H2,(H,21,24,25)(H2,22,23,26). The van der Waals surface area contributed by atoms with E-state index in [4.69, 9.17) is 23.8 Å². The molecule has 0 spiro atoms. The summed E-state index contributed by atoms with van der Waals surface area (Å²) in [5.41, 5.74) is 2.10. The first-order chi connectivity index (χ1) is 13.0. The summed E-state index contributed by atoms with van der Waals surface area (Å²) in [6.07, 6.45) is 2.36. The SMILES string of the molecule is O=C(Nc1ncc(Cc2cccc(Cl)c2)s1)c1cc(F)cc2[nH]c(=S)[nH]c12. The Labute approximate surface area is 167 Å². The Bertz CT molecular complexity index is 1210. The van der Waals surface area contributed by atoms with Gasteiger partial charge in [-0.3, -0.25) is 10.1 Å². The molecule has 0 atom stereocenters. The number of H-pyrrole nitrogens is 2. The molecule has 0 bridgehead atoms. The molecule has 0 fully saturated rings. The molecule has 1 amide bonds. The predicted molar refractivity (Wildman–Crippen MR) is 108 cm³/mol. The van der Waals surface area contributed by atoms with Gasteiger partial charge in [-0.1, -0.05) is 23.7 Å². The largest absolute Gasteiger partial charge is 0.331 e. The van der Waals surface area contributed by atoms with E-state index in [1.54, 1.807) is 6.20 Å². The van der Waals surface area contributed by atoms with Crippen LogP contribution in [0.1, 0.15) is 20.8 Å². The van der Waals surface area contributed by atoms with E-state index in [9.17, 15) is 9.18 Å². The van der Waals surface area contributed by atoms with E-state index < -0.39 is 11.7 Å². The number of nitrogens with zero attached hydrogens (tertiary/aromatic N) is 1. The maximum atomic E-state index is 13.8. The number of benzene rings is 2. The molecule has 27 heavy (non-hydrogen) atoms. The number of amides is 1. The average molecular weight is 419 g/mol. The number of thiazole rings is 1. The van der Waals surface area contributed by atoms with Crippen molar-refractivity contribution in [3.63, 3.8) is 0 Å². The van der Waals surface area contributed by atoms with E-state index in [1.165, 1.54) is 17.4 Å². The van der Waals surface area contributed by atoms with Crippen molar-refractivity contribution < 1.29 is 9.18 Å². The van der Waals surface area contributed by atoms with E-state index in [-0.39, 0.29) is 5.56 Å². The third-order valence-corrected chi connectivity index (χ3v) is 5.23. The van der Waals surface area contributed by atoms with Gasteiger partial charge in [-0.15, -0.1) is 11.3 Å². The smallest absolute Gasteiger partial charge is 0.259 e. The second-order valence-electron chi connectivity index (χ2n) is 5.85. The summed E-state index contributed by atoms with van der Waals surface area (Å²) in [6.45, 7) is 0. The first kappa shape index (κ1) is 17.8. The summed E-state index contributed by atoms with van der Waals surface area (Å²) < 4.78 is 14.1. The van der Waals surface area contributed by atoms with Crippen LogP contribution in [-0.4, -0.2) is 20.9 Å². The number of rotatable bonds is 4. The highest BCUT2D eigenvalue weighted by molar-refractivity contribution is 7.71. The van der Waals surface area contributed by atoms with Crippen LogP contribution in [0.5, 0.6) is 0 Å². The number of imidazole rings is 1. The summed E-state index contributed by atoms with van der Waals surface area (Å²) in [5, 5.41) is 3.82. The second kappa shape index (κ2) is 7.22. The van der Waals surface area contributed by atoms with Crippen molar-refractivity contribution in [2.45, 2.75) is 6.42 Å². The minimum atomic E-state index is -0.529. The molecule has 4 aromatic rings. The van der Waals surface area contributed by atoms with Gasteiger partial charge in [0.15, 0.2) is 9.90 Å². The summed E-state index contributed by atoms with van der Waals surface area (Å²) in [4.78, 5) is 23.5. The lowest BCUT2D eigenvalue weighted by atomic mass is 10.1. The number of hydrogen-bond donors (Lipinski definition) is 3. The highest BCUT2D eigenvalue weighted by Crippen LogP contribution is 2.24. The Morgan fingerprint density at radius 3 is 2.96 bits per heavy atom. The van der Waals surface area contributed by atoms with Crippen LogP contribution in [0.15, 0.2) is 42.6 Å². The Hall–Kier alpha value is -2.55. The quantitative estimate of drug-likeness (QED) is 0.393. The summed E-state index contributed by atoms with van der Waals surface area (Å²) in [5.74, 6) is -0.993. The maximum absolute atomic E-state index is 13.8. The molecular weight excluding hydrogens is 407 g/mol. The molecule has 136 valence electrons. The summed E-state index contributed by atoms with van der Waals surface area (Å²) in [7, 11) is 0. The van der Waals surface area contributed by atoms with Gasteiger partial charge < -0.3 is 9.97 Å². The third kappa shape index (κ3) is 3.92. The molecule has 3 N–H and O–H groups in total. The monoisotopic (exact) mass is 418 g/mol. The number of aromatic amines is 2. The predicted octanol–water partition coefficient (Wildman–Crippen LogP) is 5.32. The van der Waals surface area contributed by atoms with Crippen molar-refractivity contribution in [3.8, 4) is 0 Å². The van der Waals surface area contributed by atoms with Gasteiger partial charge in [0.1, 0.15) is 5.82 Å². The second-order valence-corrected chi connectivity index (χ2v) is 7.81.